The molecule has 0 aliphatic carbocycles. The summed E-state index contributed by atoms with van der Waals surface area (Å²) in [6.45, 7) is 3.66. The number of hydrogen-bond donors (Lipinski definition) is 1. The molecule has 8 nitrogen and oxygen atoms in total. The van der Waals surface area contributed by atoms with Crippen LogP contribution in [0, 0.1) is 6.92 Å². The van der Waals surface area contributed by atoms with Crippen molar-refractivity contribution in [1.82, 2.24) is 15.1 Å². The van der Waals surface area contributed by atoms with Crippen LogP contribution in [-0.4, -0.2) is 39.2 Å². The number of nitrogens with two attached hydrogens (primary N) is 1. The van der Waals surface area contributed by atoms with Gasteiger partial charge in [-0.05, 0) is 31.9 Å². The van der Waals surface area contributed by atoms with Crippen LogP contribution >= 0.6 is 0 Å². The standard InChI is InChI=1S/C13H17N5O.2H2O/c1-9-16-13(19-17-9)10-4-7-18(8-5-10)12-11(14)3-2-6-15-12;;/h2-3,6,10H,4-5,7-8,14H2,1H3;2*1H2. The van der Waals surface area contributed by atoms with E-state index in [2.05, 4.69) is 20.0 Å². The van der Waals surface area contributed by atoms with Gasteiger partial charge >= 0.3 is 0 Å². The van der Waals surface area contributed by atoms with Crippen molar-refractivity contribution in [2.75, 3.05) is 23.7 Å². The summed E-state index contributed by atoms with van der Waals surface area (Å²) in [4.78, 5) is 10.9. The second kappa shape index (κ2) is 7.00. The maximum atomic E-state index is 5.96. The highest BCUT2D eigenvalue weighted by atomic mass is 16.5. The van der Waals surface area contributed by atoms with Gasteiger partial charge in [0, 0.05) is 25.2 Å². The first-order valence-corrected chi connectivity index (χ1v) is 6.49. The third kappa shape index (κ3) is 3.47. The first-order valence-electron chi connectivity index (χ1n) is 6.49. The molecule has 0 atom stereocenters. The van der Waals surface area contributed by atoms with Crippen LogP contribution in [0.4, 0.5) is 11.5 Å². The normalized spacial score (nSPS) is 15.2. The van der Waals surface area contributed by atoms with E-state index in [4.69, 9.17) is 10.3 Å². The Morgan fingerprint density at radius 3 is 2.57 bits per heavy atom. The second-order valence-corrected chi connectivity index (χ2v) is 4.86. The molecule has 0 amide bonds. The molecule has 0 bridgehead atoms. The van der Waals surface area contributed by atoms with E-state index in [1.165, 1.54) is 0 Å². The predicted molar refractivity (Wildman–Crippen MR) is 79.1 cm³/mol. The molecule has 1 aliphatic heterocycles. The molecule has 0 spiro atoms. The number of aromatic nitrogens is 3. The molecule has 0 unspecified atom stereocenters. The molecule has 0 aromatic carbocycles. The Hall–Kier alpha value is -2.19. The lowest BCUT2D eigenvalue weighted by Gasteiger charge is -2.31. The molecule has 116 valence electrons. The minimum atomic E-state index is 0. The van der Waals surface area contributed by atoms with Gasteiger partial charge in [0.1, 0.15) is 0 Å². The number of hydrogen-bond acceptors (Lipinski definition) is 6. The molecule has 6 N–H and O–H groups in total. The van der Waals surface area contributed by atoms with Crippen LogP contribution in [0.1, 0.15) is 30.5 Å². The third-order valence-corrected chi connectivity index (χ3v) is 3.50. The van der Waals surface area contributed by atoms with Gasteiger partial charge in [0.15, 0.2) is 11.6 Å². The molecule has 2 aromatic rings. The maximum Gasteiger partial charge on any atom is 0.229 e. The van der Waals surface area contributed by atoms with Crippen LogP contribution in [0.5, 0.6) is 0 Å². The van der Waals surface area contributed by atoms with Crippen molar-refractivity contribution in [1.29, 1.82) is 0 Å². The SMILES string of the molecule is Cc1noc(C2CCN(c3ncccc3N)CC2)n1.O.O. The first-order chi connectivity index (χ1) is 9.24. The molecule has 8 heteroatoms. The van der Waals surface area contributed by atoms with Crippen molar-refractivity contribution in [2.45, 2.75) is 25.7 Å². The average molecular weight is 295 g/mol. The van der Waals surface area contributed by atoms with Crippen molar-refractivity contribution in [3.63, 3.8) is 0 Å². The number of aryl methyl sites for hydroxylation is 1. The number of rotatable bonds is 2. The lowest BCUT2D eigenvalue weighted by molar-refractivity contribution is 0.327. The Morgan fingerprint density at radius 1 is 1.29 bits per heavy atom. The van der Waals surface area contributed by atoms with Gasteiger partial charge in [-0.2, -0.15) is 4.98 Å². The summed E-state index contributed by atoms with van der Waals surface area (Å²) >= 11 is 0. The first kappa shape index (κ1) is 16.9. The summed E-state index contributed by atoms with van der Waals surface area (Å²) in [5.41, 5.74) is 6.69. The molecule has 0 saturated carbocycles. The summed E-state index contributed by atoms with van der Waals surface area (Å²) in [5, 5.41) is 3.85. The number of nitrogen functional groups attached to an aromatic ring is 1. The maximum absolute atomic E-state index is 5.96. The van der Waals surface area contributed by atoms with E-state index in [1.807, 2.05) is 19.1 Å². The third-order valence-electron chi connectivity index (χ3n) is 3.50. The minimum absolute atomic E-state index is 0. The average Bonchev–Trinajstić information content (AvgIpc) is 2.86. The number of anilines is 2. The number of pyridine rings is 1. The zero-order valence-corrected chi connectivity index (χ0v) is 11.9. The van der Waals surface area contributed by atoms with Gasteiger partial charge in [-0.1, -0.05) is 5.16 Å². The molecule has 1 aliphatic rings. The van der Waals surface area contributed by atoms with Crippen LogP contribution in [0.3, 0.4) is 0 Å². The van der Waals surface area contributed by atoms with Crippen molar-refractivity contribution in [3.05, 3.63) is 30.0 Å². The fourth-order valence-corrected chi connectivity index (χ4v) is 2.49. The fraction of sp³-hybridized carbons (Fsp3) is 0.462. The van der Waals surface area contributed by atoms with Gasteiger partial charge in [0.05, 0.1) is 5.69 Å². The van der Waals surface area contributed by atoms with Crippen LogP contribution in [0.2, 0.25) is 0 Å². The smallest absolute Gasteiger partial charge is 0.229 e. The predicted octanol–water partition coefficient (Wildman–Crippen LogP) is 0.0898. The van der Waals surface area contributed by atoms with Crippen LogP contribution in [0.15, 0.2) is 22.9 Å². The van der Waals surface area contributed by atoms with Crippen LogP contribution < -0.4 is 10.6 Å². The van der Waals surface area contributed by atoms with Crippen molar-refractivity contribution in [2.24, 2.45) is 0 Å². The molecule has 1 saturated heterocycles. The zero-order chi connectivity index (χ0) is 13.2. The summed E-state index contributed by atoms with van der Waals surface area (Å²) in [7, 11) is 0. The van der Waals surface area contributed by atoms with E-state index >= 15 is 0 Å². The molecular weight excluding hydrogens is 274 g/mol. The molecule has 3 rings (SSSR count). The Balaban J connectivity index is 0.00000110. The minimum Gasteiger partial charge on any atom is -0.412 e. The van der Waals surface area contributed by atoms with E-state index in [1.54, 1.807) is 6.20 Å². The summed E-state index contributed by atoms with van der Waals surface area (Å²) < 4.78 is 5.25. The molecule has 3 heterocycles. The van der Waals surface area contributed by atoms with Gasteiger partial charge < -0.3 is 26.1 Å². The molecule has 2 aromatic heterocycles. The lowest BCUT2D eigenvalue weighted by atomic mass is 9.96. The lowest BCUT2D eigenvalue weighted by Crippen LogP contribution is -2.34. The van der Waals surface area contributed by atoms with Gasteiger partial charge in [-0.15, -0.1) is 0 Å². The summed E-state index contributed by atoms with van der Waals surface area (Å²) in [6, 6.07) is 3.74. The van der Waals surface area contributed by atoms with E-state index < -0.39 is 0 Å². The van der Waals surface area contributed by atoms with Crippen LogP contribution in [0.25, 0.3) is 0 Å². The Morgan fingerprint density at radius 2 is 2.00 bits per heavy atom. The number of nitrogens with zero attached hydrogens (tertiary/aromatic N) is 4. The zero-order valence-electron chi connectivity index (χ0n) is 11.9. The molecule has 1 fully saturated rings. The second-order valence-electron chi connectivity index (χ2n) is 4.86. The van der Waals surface area contributed by atoms with E-state index in [-0.39, 0.29) is 11.0 Å². The molecule has 0 radical (unpaired) electrons. The van der Waals surface area contributed by atoms with Crippen molar-refractivity contribution < 1.29 is 15.5 Å². The quantitative estimate of drug-likeness (QED) is 0.831. The Kier molecular flexibility index (Phi) is 5.62. The summed E-state index contributed by atoms with van der Waals surface area (Å²) in [5.74, 6) is 2.68. The van der Waals surface area contributed by atoms with E-state index in [9.17, 15) is 0 Å². The van der Waals surface area contributed by atoms with Crippen molar-refractivity contribution in [3.8, 4) is 0 Å². The van der Waals surface area contributed by atoms with Gasteiger partial charge in [-0.25, -0.2) is 4.98 Å². The van der Waals surface area contributed by atoms with Gasteiger partial charge in [0.2, 0.25) is 5.89 Å². The largest absolute Gasteiger partial charge is 0.412 e. The summed E-state index contributed by atoms with van der Waals surface area (Å²) in [6.07, 6.45) is 3.74. The van der Waals surface area contributed by atoms with Gasteiger partial charge in [0.25, 0.3) is 0 Å². The topological polar surface area (TPSA) is 144 Å². The van der Waals surface area contributed by atoms with Crippen molar-refractivity contribution >= 4 is 11.5 Å². The number of piperidine rings is 1. The fourth-order valence-electron chi connectivity index (χ4n) is 2.49. The highest BCUT2D eigenvalue weighted by molar-refractivity contribution is 5.62. The Bertz CT molecular complexity index is 566. The van der Waals surface area contributed by atoms with Crippen LogP contribution in [-0.2, 0) is 0 Å². The molecule has 21 heavy (non-hydrogen) atoms. The highest BCUT2D eigenvalue weighted by Crippen LogP contribution is 2.30. The van der Waals surface area contributed by atoms with Gasteiger partial charge in [-0.3, -0.25) is 0 Å². The molecular formula is C13H21N5O3. The Labute approximate surface area is 122 Å². The highest BCUT2D eigenvalue weighted by Gasteiger charge is 2.26. The van der Waals surface area contributed by atoms with E-state index in [0.29, 0.717) is 11.7 Å². The van der Waals surface area contributed by atoms with E-state index in [0.717, 1.165) is 43.3 Å². The monoisotopic (exact) mass is 295 g/mol.